The summed E-state index contributed by atoms with van der Waals surface area (Å²) in [6, 6.07) is 0. The SMILES string of the molecule is C=CC1(CCC)CC/C(=C/O)C1=O. The van der Waals surface area contributed by atoms with Crippen LogP contribution in [0.2, 0.25) is 0 Å². The van der Waals surface area contributed by atoms with Crippen LogP contribution in [0.3, 0.4) is 0 Å². The van der Waals surface area contributed by atoms with Gasteiger partial charge < -0.3 is 5.11 Å². The number of carbonyl (C=O) groups is 1. The largest absolute Gasteiger partial charge is 0.515 e. The second-order valence-electron chi connectivity index (χ2n) is 3.59. The molecular formula is C11H16O2. The number of aliphatic hydroxyl groups excluding tert-OH is 1. The molecule has 13 heavy (non-hydrogen) atoms. The topological polar surface area (TPSA) is 37.3 Å². The number of allylic oxidation sites excluding steroid dienone is 2. The molecule has 0 bridgehead atoms. The fraction of sp³-hybridized carbons (Fsp3) is 0.545. The summed E-state index contributed by atoms with van der Waals surface area (Å²) in [5.74, 6) is 0.0619. The smallest absolute Gasteiger partial charge is 0.171 e. The van der Waals surface area contributed by atoms with E-state index in [1.165, 1.54) is 0 Å². The van der Waals surface area contributed by atoms with E-state index in [4.69, 9.17) is 5.11 Å². The molecule has 2 heteroatoms. The lowest BCUT2D eigenvalue weighted by molar-refractivity contribution is -0.121. The van der Waals surface area contributed by atoms with Crippen molar-refractivity contribution in [3.63, 3.8) is 0 Å². The normalized spacial score (nSPS) is 31.2. The molecule has 1 aliphatic rings. The van der Waals surface area contributed by atoms with Crippen molar-refractivity contribution >= 4 is 5.78 Å². The van der Waals surface area contributed by atoms with Crippen molar-refractivity contribution in [2.45, 2.75) is 32.6 Å². The minimum Gasteiger partial charge on any atom is -0.515 e. The summed E-state index contributed by atoms with van der Waals surface area (Å²) in [6.45, 7) is 5.78. The average molecular weight is 180 g/mol. The van der Waals surface area contributed by atoms with E-state index in [0.29, 0.717) is 12.0 Å². The minimum atomic E-state index is -0.386. The molecule has 0 heterocycles. The first-order chi connectivity index (χ1) is 6.20. The zero-order valence-corrected chi connectivity index (χ0v) is 8.05. The number of rotatable bonds is 3. The van der Waals surface area contributed by atoms with E-state index in [-0.39, 0.29) is 11.2 Å². The molecule has 1 N–H and O–H groups in total. The Bertz CT molecular complexity index is 253. The summed E-state index contributed by atoms with van der Waals surface area (Å²) >= 11 is 0. The van der Waals surface area contributed by atoms with Crippen LogP contribution in [0.4, 0.5) is 0 Å². The molecule has 1 unspecified atom stereocenters. The summed E-state index contributed by atoms with van der Waals surface area (Å²) in [7, 11) is 0. The van der Waals surface area contributed by atoms with E-state index in [1.807, 2.05) is 0 Å². The van der Waals surface area contributed by atoms with Crippen molar-refractivity contribution in [3.05, 3.63) is 24.5 Å². The highest BCUT2D eigenvalue weighted by Gasteiger charge is 2.41. The molecule has 0 aromatic carbocycles. The van der Waals surface area contributed by atoms with Crippen LogP contribution in [0.5, 0.6) is 0 Å². The van der Waals surface area contributed by atoms with Gasteiger partial charge in [0.2, 0.25) is 0 Å². The van der Waals surface area contributed by atoms with Gasteiger partial charge in [0.1, 0.15) is 0 Å². The van der Waals surface area contributed by atoms with Crippen LogP contribution >= 0.6 is 0 Å². The lowest BCUT2D eigenvalue weighted by atomic mass is 9.81. The van der Waals surface area contributed by atoms with E-state index in [1.54, 1.807) is 6.08 Å². The van der Waals surface area contributed by atoms with Crippen molar-refractivity contribution in [1.29, 1.82) is 0 Å². The van der Waals surface area contributed by atoms with Gasteiger partial charge in [-0.2, -0.15) is 0 Å². The zero-order valence-electron chi connectivity index (χ0n) is 8.05. The number of ketones is 1. The predicted octanol–water partition coefficient (Wildman–Crippen LogP) is 2.76. The summed E-state index contributed by atoms with van der Waals surface area (Å²) in [5.41, 5.74) is 0.164. The Morgan fingerprint density at radius 3 is 2.77 bits per heavy atom. The van der Waals surface area contributed by atoms with E-state index in [9.17, 15) is 4.79 Å². The van der Waals surface area contributed by atoms with Gasteiger partial charge in [-0.05, 0) is 19.3 Å². The molecule has 0 aromatic heterocycles. The lowest BCUT2D eigenvalue weighted by Crippen LogP contribution is -2.23. The summed E-state index contributed by atoms with van der Waals surface area (Å²) < 4.78 is 0. The molecule has 0 radical (unpaired) electrons. The second-order valence-corrected chi connectivity index (χ2v) is 3.59. The molecule has 1 fully saturated rings. The van der Waals surface area contributed by atoms with Gasteiger partial charge in [0.25, 0.3) is 0 Å². The van der Waals surface area contributed by atoms with E-state index in [0.717, 1.165) is 25.5 Å². The maximum Gasteiger partial charge on any atom is 0.171 e. The van der Waals surface area contributed by atoms with Crippen LogP contribution in [0, 0.1) is 5.41 Å². The average Bonchev–Trinajstić information content (AvgIpc) is 2.45. The fourth-order valence-corrected chi connectivity index (χ4v) is 2.01. The van der Waals surface area contributed by atoms with E-state index < -0.39 is 0 Å². The molecule has 1 atom stereocenters. The number of Topliss-reactive ketones (excluding diaryl/α,β-unsaturated/α-hetero) is 1. The first-order valence-corrected chi connectivity index (χ1v) is 4.72. The van der Waals surface area contributed by atoms with Crippen molar-refractivity contribution in [1.82, 2.24) is 0 Å². The van der Waals surface area contributed by atoms with Gasteiger partial charge in [-0.1, -0.05) is 19.4 Å². The highest BCUT2D eigenvalue weighted by atomic mass is 16.2. The van der Waals surface area contributed by atoms with Gasteiger partial charge in [-0.15, -0.1) is 6.58 Å². The van der Waals surface area contributed by atoms with Crippen LogP contribution < -0.4 is 0 Å². The highest BCUT2D eigenvalue weighted by Crippen LogP contribution is 2.42. The van der Waals surface area contributed by atoms with E-state index in [2.05, 4.69) is 13.5 Å². The fourth-order valence-electron chi connectivity index (χ4n) is 2.01. The number of aliphatic hydroxyl groups is 1. The van der Waals surface area contributed by atoms with Gasteiger partial charge in [-0.25, -0.2) is 0 Å². The molecule has 0 saturated heterocycles. The van der Waals surface area contributed by atoms with Crippen LogP contribution in [-0.2, 0) is 4.79 Å². The molecule has 0 aromatic rings. The van der Waals surface area contributed by atoms with Crippen LogP contribution in [0.15, 0.2) is 24.5 Å². The quantitative estimate of drug-likeness (QED) is 0.412. The molecular weight excluding hydrogens is 164 g/mol. The molecule has 0 amide bonds. The van der Waals surface area contributed by atoms with E-state index >= 15 is 0 Å². The summed E-state index contributed by atoms with van der Waals surface area (Å²) in [4.78, 5) is 11.8. The third-order valence-electron chi connectivity index (χ3n) is 2.83. The predicted molar refractivity (Wildman–Crippen MR) is 52.5 cm³/mol. The third-order valence-corrected chi connectivity index (χ3v) is 2.83. The van der Waals surface area contributed by atoms with Gasteiger partial charge in [0.15, 0.2) is 5.78 Å². The molecule has 72 valence electrons. The van der Waals surface area contributed by atoms with Gasteiger partial charge in [-0.3, -0.25) is 4.79 Å². The van der Waals surface area contributed by atoms with Crippen molar-refractivity contribution in [3.8, 4) is 0 Å². The molecule has 1 rings (SSSR count). The van der Waals surface area contributed by atoms with Crippen molar-refractivity contribution in [2.24, 2.45) is 5.41 Å². The third kappa shape index (κ3) is 1.53. The van der Waals surface area contributed by atoms with Crippen LogP contribution in [0.25, 0.3) is 0 Å². The Hall–Kier alpha value is -1.05. The highest BCUT2D eigenvalue weighted by molar-refractivity contribution is 6.03. The second kappa shape index (κ2) is 3.77. The Kier molecular flexibility index (Phi) is 2.91. The molecule has 2 nitrogen and oxygen atoms in total. The Morgan fingerprint density at radius 1 is 1.69 bits per heavy atom. The van der Waals surface area contributed by atoms with Gasteiger partial charge >= 0.3 is 0 Å². The Morgan fingerprint density at radius 2 is 2.38 bits per heavy atom. The minimum absolute atomic E-state index is 0.0619. The van der Waals surface area contributed by atoms with Crippen LogP contribution in [-0.4, -0.2) is 10.9 Å². The summed E-state index contributed by atoms with van der Waals surface area (Å²) in [6.07, 6.45) is 5.98. The van der Waals surface area contributed by atoms with Crippen molar-refractivity contribution in [2.75, 3.05) is 0 Å². The summed E-state index contributed by atoms with van der Waals surface area (Å²) in [5, 5.41) is 8.82. The molecule has 0 aliphatic heterocycles. The first kappa shape index (κ1) is 10.0. The Balaban J connectivity index is 2.92. The Labute approximate surface area is 79.0 Å². The maximum atomic E-state index is 11.8. The first-order valence-electron chi connectivity index (χ1n) is 4.72. The lowest BCUT2D eigenvalue weighted by Gasteiger charge is -2.21. The van der Waals surface area contributed by atoms with Crippen molar-refractivity contribution < 1.29 is 9.90 Å². The number of hydrogen-bond donors (Lipinski definition) is 1. The van der Waals surface area contributed by atoms with Gasteiger partial charge in [0.05, 0.1) is 11.7 Å². The zero-order chi connectivity index (χ0) is 9.90. The molecule has 0 spiro atoms. The molecule has 1 aliphatic carbocycles. The number of hydrogen-bond acceptors (Lipinski definition) is 2. The standard InChI is InChI=1S/C11H16O2/c1-3-6-11(4-2)7-5-9(8-12)10(11)13/h4,8,12H,2-3,5-7H2,1H3/b9-8-. The number of carbonyl (C=O) groups excluding carboxylic acids is 1. The maximum absolute atomic E-state index is 11.8. The molecule has 1 saturated carbocycles. The van der Waals surface area contributed by atoms with Crippen LogP contribution in [0.1, 0.15) is 32.6 Å². The van der Waals surface area contributed by atoms with Gasteiger partial charge in [0, 0.05) is 5.57 Å². The monoisotopic (exact) mass is 180 g/mol.